The normalized spacial score (nSPS) is 21.6. The first kappa shape index (κ1) is 18.5. The van der Waals surface area contributed by atoms with Crippen LogP contribution in [-0.2, 0) is 14.9 Å². The van der Waals surface area contributed by atoms with Gasteiger partial charge in [0, 0.05) is 25.7 Å². The molecule has 0 radical (unpaired) electrons. The molecule has 0 saturated carbocycles. The summed E-state index contributed by atoms with van der Waals surface area (Å²) in [4.78, 5) is 0. The minimum atomic E-state index is -0.123. The van der Waals surface area contributed by atoms with E-state index in [1.54, 1.807) is 14.2 Å². The molecule has 0 N–H and O–H groups in total. The van der Waals surface area contributed by atoms with Crippen LogP contribution in [0.4, 0.5) is 0 Å². The van der Waals surface area contributed by atoms with Gasteiger partial charge < -0.3 is 23.7 Å². The van der Waals surface area contributed by atoms with Crippen LogP contribution in [-0.4, -0.2) is 34.4 Å². The number of fused-ring (bicyclic) bond motifs is 1. The highest BCUT2D eigenvalue weighted by Gasteiger charge is 2.40. The average Bonchev–Trinajstić information content (AvgIpc) is 2.68. The smallest absolute Gasteiger partial charge is 0.188 e. The van der Waals surface area contributed by atoms with Crippen molar-refractivity contribution in [1.29, 1.82) is 0 Å². The standard InChI is InChI=1S/C21H26O5/c1-15-19-10-9-18(26-14-23-4)11-20(19)24-12-21(15,2)16-5-7-17(8-6-16)25-13-22-3/h5-11,15H,12-14H2,1-4H3. The molecule has 1 heterocycles. The summed E-state index contributed by atoms with van der Waals surface area (Å²) in [5, 5.41) is 0. The number of hydrogen-bond donors (Lipinski definition) is 0. The molecule has 2 atom stereocenters. The van der Waals surface area contributed by atoms with Gasteiger partial charge in [0.25, 0.3) is 0 Å². The number of ether oxygens (including phenoxy) is 5. The maximum atomic E-state index is 6.11. The van der Waals surface area contributed by atoms with E-state index in [-0.39, 0.29) is 19.0 Å². The van der Waals surface area contributed by atoms with Crippen molar-refractivity contribution in [3.05, 3.63) is 53.6 Å². The van der Waals surface area contributed by atoms with E-state index >= 15 is 0 Å². The fourth-order valence-electron chi connectivity index (χ4n) is 3.30. The van der Waals surface area contributed by atoms with Gasteiger partial charge in [-0.05, 0) is 35.2 Å². The Kier molecular flexibility index (Phi) is 5.69. The molecule has 140 valence electrons. The van der Waals surface area contributed by atoms with Crippen molar-refractivity contribution >= 4 is 0 Å². The molecular formula is C21H26O5. The third-order valence-electron chi connectivity index (χ3n) is 5.14. The lowest BCUT2D eigenvalue weighted by molar-refractivity contribution is 0.0505. The fourth-order valence-corrected chi connectivity index (χ4v) is 3.30. The lowest BCUT2D eigenvalue weighted by Crippen LogP contribution is -2.39. The summed E-state index contributed by atoms with van der Waals surface area (Å²) in [7, 11) is 3.22. The van der Waals surface area contributed by atoms with E-state index in [0.717, 1.165) is 17.2 Å². The number of benzene rings is 2. The largest absolute Gasteiger partial charge is 0.492 e. The molecule has 1 aliphatic heterocycles. The summed E-state index contributed by atoms with van der Waals surface area (Å²) in [5.41, 5.74) is 2.28. The molecule has 2 aromatic rings. The van der Waals surface area contributed by atoms with Crippen LogP contribution in [0.5, 0.6) is 17.2 Å². The Balaban J connectivity index is 1.81. The lowest BCUT2D eigenvalue weighted by Gasteiger charge is -2.41. The van der Waals surface area contributed by atoms with Gasteiger partial charge in [-0.25, -0.2) is 0 Å². The van der Waals surface area contributed by atoms with E-state index in [1.807, 2.05) is 24.3 Å². The van der Waals surface area contributed by atoms with Crippen LogP contribution in [0.2, 0.25) is 0 Å². The van der Waals surface area contributed by atoms with Crippen LogP contribution in [0.15, 0.2) is 42.5 Å². The van der Waals surface area contributed by atoms with Crippen LogP contribution >= 0.6 is 0 Å². The molecule has 0 aromatic heterocycles. The van der Waals surface area contributed by atoms with E-state index in [4.69, 9.17) is 23.7 Å². The van der Waals surface area contributed by atoms with Gasteiger partial charge in [-0.15, -0.1) is 0 Å². The third kappa shape index (κ3) is 3.64. The first-order valence-electron chi connectivity index (χ1n) is 8.69. The highest BCUT2D eigenvalue weighted by molar-refractivity contribution is 5.48. The maximum absolute atomic E-state index is 6.11. The highest BCUT2D eigenvalue weighted by Crippen LogP contribution is 2.47. The molecule has 5 heteroatoms. The second kappa shape index (κ2) is 7.98. The Hall–Kier alpha value is -2.24. The predicted molar refractivity (Wildman–Crippen MR) is 99.2 cm³/mol. The van der Waals surface area contributed by atoms with Gasteiger partial charge in [-0.3, -0.25) is 0 Å². The second-order valence-electron chi connectivity index (χ2n) is 6.75. The quantitative estimate of drug-likeness (QED) is 0.697. The van der Waals surface area contributed by atoms with E-state index < -0.39 is 0 Å². The molecule has 1 aliphatic rings. The Morgan fingerprint density at radius 1 is 0.962 bits per heavy atom. The molecule has 0 fully saturated rings. The van der Waals surface area contributed by atoms with Crippen molar-refractivity contribution in [2.24, 2.45) is 0 Å². The Labute approximate surface area is 154 Å². The van der Waals surface area contributed by atoms with Crippen molar-refractivity contribution in [1.82, 2.24) is 0 Å². The summed E-state index contributed by atoms with van der Waals surface area (Å²) < 4.78 is 27.0. The maximum Gasteiger partial charge on any atom is 0.188 e. The molecule has 0 aliphatic carbocycles. The first-order chi connectivity index (χ1) is 12.6. The molecule has 0 saturated heterocycles. The van der Waals surface area contributed by atoms with Crippen molar-refractivity contribution in [3.63, 3.8) is 0 Å². The van der Waals surface area contributed by atoms with Crippen molar-refractivity contribution in [3.8, 4) is 17.2 Å². The van der Waals surface area contributed by atoms with Crippen molar-refractivity contribution in [2.45, 2.75) is 25.2 Å². The van der Waals surface area contributed by atoms with Crippen LogP contribution in [0.1, 0.15) is 30.9 Å². The molecule has 2 unspecified atom stereocenters. The minimum absolute atomic E-state index is 0.123. The Morgan fingerprint density at radius 2 is 1.58 bits per heavy atom. The zero-order valence-electron chi connectivity index (χ0n) is 15.8. The second-order valence-corrected chi connectivity index (χ2v) is 6.75. The molecule has 5 nitrogen and oxygen atoms in total. The van der Waals surface area contributed by atoms with E-state index in [2.05, 4.69) is 32.0 Å². The molecule has 3 rings (SSSR count). The highest BCUT2D eigenvalue weighted by atomic mass is 16.7. The van der Waals surface area contributed by atoms with Crippen LogP contribution < -0.4 is 14.2 Å². The van der Waals surface area contributed by atoms with Crippen molar-refractivity contribution < 1.29 is 23.7 Å². The van der Waals surface area contributed by atoms with Gasteiger partial charge in [0.1, 0.15) is 17.2 Å². The monoisotopic (exact) mass is 358 g/mol. The minimum Gasteiger partial charge on any atom is -0.492 e. The molecule has 26 heavy (non-hydrogen) atoms. The molecule has 0 spiro atoms. The Morgan fingerprint density at radius 3 is 2.23 bits per heavy atom. The number of rotatable bonds is 7. The topological polar surface area (TPSA) is 46.2 Å². The zero-order chi connectivity index (χ0) is 18.6. The first-order valence-corrected chi connectivity index (χ1v) is 8.69. The van der Waals surface area contributed by atoms with Crippen LogP contribution in [0.25, 0.3) is 0 Å². The summed E-state index contributed by atoms with van der Waals surface area (Å²) in [6.45, 7) is 5.56. The van der Waals surface area contributed by atoms with Crippen LogP contribution in [0, 0.1) is 0 Å². The van der Waals surface area contributed by atoms with Crippen molar-refractivity contribution in [2.75, 3.05) is 34.4 Å². The van der Waals surface area contributed by atoms with Gasteiger partial charge in [0.2, 0.25) is 0 Å². The number of hydrogen-bond acceptors (Lipinski definition) is 5. The number of methoxy groups -OCH3 is 2. The Bertz CT molecular complexity index is 728. The van der Waals surface area contributed by atoms with Gasteiger partial charge in [0.15, 0.2) is 13.6 Å². The zero-order valence-corrected chi connectivity index (χ0v) is 15.8. The third-order valence-corrected chi connectivity index (χ3v) is 5.14. The van der Waals surface area contributed by atoms with Gasteiger partial charge >= 0.3 is 0 Å². The summed E-state index contributed by atoms with van der Waals surface area (Å²) in [5.74, 6) is 2.72. The summed E-state index contributed by atoms with van der Waals surface area (Å²) in [6.07, 6.45) is 0. The van der Waals surface area contributed by atoms with E-state index in [9.17, 15) is 0 Å². The fraction of sp³-hybridized carbons (Fsp3) is 0.429. The van der Waals surface area contributed by atoms with Gasteiger partial charge in [-0.1, -0.05) is 32.0 Å². The SMILES string of the molecule is COCOc1ccc(C2(C)COc3cc(OCOC)ccc3C2C)cc1. The van der Waals surface area contributed by atoms with Gasteiger partial charge in [-0.2, -0.15) is 0 Å². The van der Waals surface area contributed by atoms with E-state index in [0.29, 0.717) is 12.5 Å². The average molecular weight is 358 g/mol. The molecule has 0 amide bonds. The lowest BCUT2D eigenvalue weighted by atomic mass is 9.69. The predicted octanol–water partition coefficient (Wildman–Crippen LogP) is 4.11. The molecular weight excluding hydrogens is 332 g/mol. The molecule has 2 aromatic carbocycles. The molecule has 0 bridgehead atoms. The van der Waals surface area contributed by atoms with E-state index in [1.165, 1.54) is 11.1 Å². The van der Waals surface area contributed by atoms with Crippen LogP contribution in [0.3, 0.4) is 0 Å². The summed E-state index contributed by atoms with van der Waals surface area (Å²) in [6, 6.07) is 14.1. The van der Waals surface area contributed by atoms with Gasteiger partial charge in [0.05, 0.1) is 6.61 Å². The summed E-state index contributed by atoms with van der Waals surface area (Å²) >= 11 is 0.